The van der Waals surface area contributed by atoms with E-state index in [9.17, 15) is 57.4 Å². The van der Waals surface area contributed by atoms with E-state index in [1.807, 2.05) is 21.9 Å². The van der Waals surface area contributed by atoms with Gasteiger partial charge in [0, 0.05) is 134 Å². The number of rotatable bonds is 9. The summed E-state index contributed by atoms with van der Waals surface area (Å²) >= 11 is 5.38. The van der Waals surface area contributed by atoms with Crippen molar-refractivity contribution in [3.8, 4) is 11.5 Å². The summed E-state index contributed by atoms with van der Waals surface area (Å²) in [4.78, 5) is 102. The number of oxazole rings is 1. The number of hydrogen-bond donors (Lipinski definition) is 2. The number of nitro groups is 2. The number of alkyl halides is 3. The second-order valence-electron chi connectivity index (χ2n) is 17.7. The molecule has 22 nitrogen and oxygen atoms in total. The van der Waals surface area contributed by atoms with Crippen molar-refractivity contribution in [1.82, 2.24) is 30.2 Å². The summed E-state index contributed by atoms with van der Waals surface area (Å²) in [7, 11) is 0. The first-order valence-electron chi connectivity index (χ1n) is 24.5. The molecule has 4 fully saturated rings. The van der Waals surface area contributed by atoms with Gasteiger partial charge in [-0.1, -0.05) is 35.9 Å². The molecule has 0 amide bonds. The van der Waals surface area contributed by atoms with Gasteiger partial charge >= 0.3 is 6.18 Å². The Morgan fingerprint density at radius 3 is 1.45 bits per heavy atom. The summed E-state index contributed by atoms with van der Waals surface area (Å²) in [5.74, 6) is 1.01. The van der Waals surface area contributed by atoms with Crippen LogP contribution in [0.15, 0.2) is 108 Å². The largest absolute Gasteiger partial charge is 0.452 e. The van der Waals surface area contributed by atoms with E-state index >= 15 is 0 Å². The van der Waals surface area contributed by atoms with Gasteiger partial charge in [0.05, 0.1) is 21.7 Å². The zero-order valence-corrected chi connectivity index (χ0v) is 42.7. The molecule has 26 heteroatoms. The van der Waals surface area contributed by atoms with Crippen LogP contribution in [-0.2, 0) is 31.8 Å². The molecule has 410 valence electrons. The van der Waals surface area contributed by atoms with Crippen LogP contribution in [0.2, 0.25) is 5.15 Å². The van der Waals surface area contributed by atoms with Gasteiger partial charge in [-0.3, -0.25) is 44.2 Å². The number of anilines is 4. The van der Waals surface area contributed by atoms with Gasteiger partial charge in [0.1, 0.15) is 58.1 Å². The van der Waals surface area contributed by atoms with E-state index in [1.54, 1.807) is 54.7 Å². The number of aromatic nitrogens is 5. The van der Waals surface area contributed by atoms with Crippen molar-refractivity contribution in [3.05, 3.63) is 146 Å². The molecule has 6 aromatic rings. The summed E-state index contributed by atoms with van der Waals surface area (Å²) < 4.78 is 45.2. The Balaban J connectivity index is 0.000000175. The van der Waals surface area contributed by atoms with Crippen LogP contribution in [0.4, 0.5) is 47.7 Å². The van der Waals surface area contributed by atoms with E-state index in [0.29, 0.717) is 105 Å². The van der Waals surface area contributed by atoms with Gasteiger partial charge in [0.15, 0.2) is 11.5 Å². The topological polar surface area (TPSA) is 297 Å². The summed E-state index contributed by atoms with van der Waals surface area (Å²) in [6, 6.07) is 20.9. The number of halogens is 4. The maximum absolute atomic E-state index is 13.4. The number of nitrogens with two attached hydrogens (primary N) is 1. The van der Waals surface area contributed by atoms with Gasteiger partial charge in [0.25, 0.3) is 11.4 Å². The fourth-order valence-corrected chi connectivity index (χ4v) is 7.89. The molecular formula is C52H54ClF3N12O10. The number of nitrogens with one attached hydrogen (secondary N) is 1. The van der Waals surface area contributed by atoms with Crippen molar-refractivity contribution >= 4 is 75.0 Å². The van der Waals surface area contributed by atoms with Gasteiger partial charge < -0.3 is 30.2 Å². The molecule has 1 aromatic carbocycles. The van der Waals surface area contributed by atoms with Gasteiger partial charge in [0.2, 0.25) is 11.7 Å². The first-order chi connectivity index (χ1) is 37.3. The van der Waals surface area contributed by atoms with Crippen molar-refractivity contribution in [2.45, 2.75) is 64.0 Å². The van der Waals surface area contributed by atoms with Crippen LogP contribution in [-0.4, -0.2) is 116 Å². The third-order valence-corrected chi connectivity index (χ3v) is 12.3. The van der Waals surface area contributed by atoms with Crippen LogP contribution in [0.5, 0.6) is 0 Å². The van der Waals surface area contributed by atoms with E-state index in [0.717, 1.165) is 51.0 Å². The van der Waals surface area contributed by atoms with Crippen LogP contribution in [0.1, 0.15) is 73.2 Å². The molecule has 4 aliphatic heterocycles. The smallest absolute Gasteiger partial charge is 0.431 e. The van der Waals surface area contributed by atoms with E-state index in [-0.39, 0.29) is 40.4 Å². The third kappa shape index (κ3) is 18.3. The number of nitrogen functional groups attached to an aromatic ring is 1. The number of Topliss-reactive ketones (excluding diaryl/α,β-unsaturated/α-hetero) is 5. The summed E-state index contributed by atoms with van der Waals surface area (Å²) in [6.45, 7) is 5.75. The quantitative estimate of drug-likeness (QED) is 0.0601. The predicted octanol–water partition coefficient (Wildman–Crippen LogP) is 7.92. The number of carbonyl (C=O) groups is 5. The van der Waals surface area contributed by atoms with Gasteiger partial charge in [-0.15, -0.1) is 0 Å². The molecule has 0 spiro atoms. The van der Waals surface area contributed by atoms with Crippen LogP contribution < -0.4 is 25.8 Å². The molecule has 3 N–H and O–H groups in total. The first-order valence-corrected chi connectivity index (χ1v) is 24.9. The number of nitrogens with zero attached hydrogens (tertiary/aromatic N) is 10. The lowest BCUT2D eigenvalue weighted by Gasteiger charge is -2.27. The number of hydrogen-bond acceptors (Lipinski definition) is 20. The van der Waals surface area contributed by atoms with E-state index in [1.165, 1.54) is 30.6 Å². The number of ketones is 5. The highest BCUT2D eigenvalue weighted by Gasteiger charge is 2.42. The Kier molecular flexibility index (Phi) is 21.5. The highest BCUT2D eigenvalue weighted by atomic mass is 35.5. The molecule has 78 heavy (non-hydrogen) atoms. The van der Waals surface area contributed by atoms with E-state index in [4.69, 9.17) is 21.8 Å². The normalized spacial score (nSPS) is 15.5. The fourth-order valence-electron chi connectivity index (χ4n) is 7.78. The number of benzene rings is 1. The summed E-state index contributed by atoms with van der Waals surface area (Å²) in [5, 5.41) is 23.8. The van der Waals surface area contributed by atoms with Crippen molar-refractivity contribution in [1.29, 1.82) is 0 Å². The Morgan fingerprint density at radius 1 is 0.615 bits per heavy atom. The maximum Gasteiger partial charge on any atom is 0.452 e. The van der Waals surface area contributed by atoms with Gasteiger partial charge in [-0.2, -0.15) is 13.2 Å². The molecule has 0 aliphatic carbocycles. The Bertz CT molecular complexity index is 2970. The minimum Gasteiger partial charge on any atom is -0.431 e. The van der Waals surface area contributed by atoms with Crippen LogP contribution in [0.25, 0.3) is 11.5 Å². The Labute approximate surface area is 449 Å². The molecule has 4 saturated heterocycles. The van der Waals surface area contributed by atoms with Gasteiger partial charge in [-0.05, 0) is 48.0 Å². The molecule has 0 saturated carbocycles. The second-order valence-corrected chi connectivity index (χ2v) is 18.1. The predicted molar refractivity (Wildman–Crippen MR) is 281 cm³/mol. The van der Waals surface area contributed by atoms with Crippen LogP contribution in [0, 0.1) is 20.2 Å². The highest BCUT2D eigenvalue weighted by molar-refractivity contribution is 6.29. The number of pyridine rings is 4. The van der Waals surface area contributed by atoms with Crippen molar-refractivity contribution < 1.29 is 51.4 Å². The minimum atomic E-state index is -4.85. The standard InChI is InChI=1S/C22H18F3N3O3.C10H11N3O3.C10H13N3O.C5H3ClN2O2.C5H9NO/c23-22(24,25)20-19(27-21(31-20)15-4-2-1-3-5-15)17(30)12-14-6-7-18(26-13-14)28-10-8-16(29)9-11-28;14-9-3-5-12(6-4-9)10-2-1-8(7-11-10)13(15)16;11-8-1-2-10(12-7-8)13-5-3-9(14)4-6-13;6-5-2-1-4(3-7-5)8(9)10;7-5-1-3-6-4-2-5/h1-7,13H,8-12H2;1-2,7H,3-6H2;1-2,7H,3-6,11H2;1-3H;6H,1-4H2. The lowest BCUT2D eigenvalue weighted by Crippen LogP contribution is -2.34. The Morgan fingerprint density at radius 2 is 1.06 bits per heavy atom. The molecule has 0 bridgehead atoms. The lowest BCUT2D eigenvalue weighted by atomic mass is 10.1. The fraction of sp³-hybridized carbons (Fsp3) is 0.346. The van der Waals surface area contributed by atoms with Crippen LogP contribution >= 0.6 is 11.6 Å². The molecular weight excluding hydrogens is 1050 g/mol. The number of piperidine rings is 4. The first kappa shape index (κ1) is 58.7. The minimum absolute atomic E-state index is 0.0168. The summed E-state index contributed by atoms with van der Waals surface area (Å²) in [6.07, 6.45) is 5.01. The Hall–Kier alpha value is -8.58. The monoisotopic (exact) mass is 1100 g/mol. The molecule has 0 unspecified atom stereocenters. The number of carbonyl (C=O) groups excluding carboxylic acids is 5. The van der Waals surface area contributed by atoms with Crippen LogP contribution in [0.3, 0.4) is 0 Å². The highest BCUT2D eigenvalue weighted by Crippen LogP contribution is 2.36. The average molecular weight is 1100 g/mol. The summed E-state index contributed by atoms with van der Waals surface area (Å²) in [5.41, 5.74) is 6.20. The molecule has 0 radical (unpaired) electrons. The molecule has 0 atom stereocenters. The van der Waals surface area contributed by atoms with Crippen molar-refractivity contribution in [3.63, 3.8) is 0 Å². The molecule has 10 rings (SSSR count). The van der Waals surface area contributed by atoms with Crippen molar-refractivity contribution in [2.75, 3.05) is 72.8 Å². The zero-order chi connectivity index (χ0) is 56.2. The van der Waals surface area contributed by atoms with Gasteiger partial charge in [-0.25, -0.2) is 24.9 Å². The molecule has 4 aliphatic rings. The third-order valence-electron chi connectivity index (χ3n) is 12.1. The average Bonchev–Trinajstić information content (AvgIpc) is 3.93. The molecule has 9 heterocycles. The second kappa shape index (κ2) is 28.5. The lowest BCUT2D eigenvalue weighted by molar-refractivity contribution is -0.385. The van der Waals surface area contributed by atoms with E-state index in [2.05, 4.69) is 35.1 Å². The molecule has 5 aromatic heterocycles. The van der Waals surface area contributed by atoms with E-state index < -0.39 is 33.3 Å². The maximum atomic E-state index is 13.4. The SMILES string of the molecule is Nc1ccc(N2CCC(=O)CC2)nc1.O=C1CCN(c2ccc(CC(=O)c3nc(-c4ccccc4)oc3C(F)(F)F)cn2)CC1.O=C1CCN(c2ccc([N+](=O)[O-])cn2)CC1.O=C1CCNCC1.O=[N+]([O-])c1ccc(Cl)nc1. The zero-order valence-electron chi connectivity index (χ0n) is 42.0. The van der Waals surface area contributed by atoms with Crippen molar-refractivity contribution in [2.24, 2.45) is 0 Å².